The van der Waals surface area contributed by atoms with Crippen LogP contribution in [0.5, 0.6) is 0 Å². The van der Waals surface area contributed by atoms with Gasteiger partial charge >= 0.3 is 6.18 Å². The zero-order valence-corrected chi connectivity index (χ0v) is 17.5. The van der Waals surface area contributed by atoms with Crippen LogP contribution in [0.4, 0.5) is 19.0 Å². The van der Waals surface area contributed by atoms with Gasteiger partial charge in [0.05, 0.1) is 23.4 Å². The van der Waals surface area contributed by atoms with Gasteiger partial charge in [-0.25, -0.2) is 28.5 Å². The van der Waals surface area contributed by atoms with Gasteiger partial charge in [0.25, 0.3) is 0 Å². The van der Waals surface area contributed by atoms with Crippen molar-refractivity contribution >= 4 is 22.5 Å². The van der Waals surface area contributed by atoms with Crippen LogP contribution in [0, 0.1) is 5.41 Å². The third-order valence-electron chi connectivity index (χ3n) is 6.08. The van der Waals surface area contributed by atoms with Gasteiger partial charge in [-0.2, -0.15) is 13.2 Å². The van der Waals surface area contributed by atoms with Gasteiger partial charge in [-0.1, -0.05) is 0 Å². The molecule has 0 radical (unpaired) electrons. The Bertz CT molecular complexity index is 1150. The quantitative estimate of drug-likeness (QED) is 0.609. The smallest absolute Gasteiger partial charge is 0.355 e. The summed E-state index contributed by atoms with van der Waals surface area (Å²) in [5.41, 5.74) is -0.129. The first kappa shape index (κ1) is 20.3. The molecule has 2 fully saturated rings. The van der Waals surface area contributed by atoms with Crippen molar-refractivity contribution in [2.24, 2.45) is 5.41 Å². The third-order valence-corrected chi connectivity index (χ3v) is 7.17. The van der Waals surface area contributed by atoms with E-state index in [-0.39, 0.29) is 5.41 Å². The van der Waals surface area contributed by atoms with Gasteiger partial charge in [0.15, 0.2) is 17.2 Å². The lowest BCUT2D eigenvalue weighted by Crippen LogP contribution is -2.60. The lowest BCUT2D eigenvalue weighted by atomic mass is 9.72. The molecule has 2 saturated heterocycles. The number of alkyl halides is 3. The van der Waals surface area contributed by atoms with Crippen LogP contribution in [0.3, 0.4) is 0 Å². The van der Waals surface area contributed by atoms with E-state index in [1.165, 1.54) is 10.6 Å². The molecule has 1 spiro atoms. The summed E-state index contributed by atoms with van der Waals surface area (Å²) in [6.07, 6.45) is 4.20. The lowest BCUT2D eigenvalue weighted by Gasteiger charge is -2.54. The molecule has 0 N–H and O–H groups in total. The van der Waals surface area contributed by atoms with E-state index < -0.39 is 22.9 Å². The molecule has 2 aliphatic rings. The van der Waals surface area contributed by atoms with E-state index in [0.717, 1.165) is 57.2 Å². The molecular weight excluding hydrogens is 431 g/mol. The zero-order chi connectivity index (χ0) is 21.8. The summed E-state index contributed by atoms with van der Waals surface area (Å²) in [5.74, 6) is 1.04. The fourth-order valence-corrected chi connectivity index (χ4v) is 5.01. The Balaban J connectivity index is 1.37. The molecule has 8 nitrogen and oxygen atoms in total. The molecule has 0 bridgehead atoms. The Morgan fingerprint density at radius 1 is 1.10 bits per heavy atom. The van der Waals surface area contributed by atoms with Gasteiger partial charge in [0.2, 0.25) is 0 Å². The molecule has 1 unspecified atom stereocenters. The van der Waals surface area contributed by atoms with E-state index in [9.17, 15) is 17.4 Å². The second-order valence-corrected chi connectivity index (χ2v) is 9.45. The molecule has 3 aromatic rings. The highest BCUT2D eigenvalue weighted by Gasteiger charge is 2.45. The lowest BCUT2D eigenvalue weighted by molar-refractivity contribution is -0.141. The largest absolute Gasteiger partial charge is 0.434 e. The van der Waals surface area contributed by atoms with Gasteiger partial charge in [0, 0.05) is 50.2 Å². The maximum Gasteiger partial charge on any atom is 0.434 e. The standard InChI is InChI=1S/C19H20F3N7OS/c1-31(30)28-6-3-18(4-7-28)11-27(12-18)15-2-5-23-17(26-15)13-8-25-16-9-24-14(10-29(13)16)19(20,21)22/h2,5,8-10H,3-4,6-7,11-12H2,1H3. The van der Waals surface area contributed by atoms with Gasteiger partial charge in [-0.15, -0.1) is 0 Å². The van der Waals surface area contributed by atoms with Crippen molar-refractivity contribution in [3.8, 4) is 11.5 Å². The average molecular weight is 451 g/mol. The summed E-state index contributed by atoms with van der Waals surface area (Å²) >= 11 is 0. The summed E-state index contributed by atoms with van der Waals surface area (Å²) in [6.45, 7) is 3.35. The molecule has 164 valence electrons. The van der Waals surface area contributed by atoms with Crippen LogP contribution in [0.25, 0.3) is 17.2 Å². The number of halogens is 3. The molecule has 31 heavy (non-hydrogen) atoms. The summed E-state index contributed by atoms with van der Waals surface area (Å²) in [6, 6.07) is 1.80. The number of aromatic nitrogens is 5. The van der Waals surface area contributed by atoms with Gasteiger partial charge in [-0.3, -0.25) is 4.40 Å². The number of fused-ring (bicyclic) bond motifs is 1. The van der Waals surface area contributed by atoms with Crippen LogP contribution in [-0.2, 0) is 17.2 Å². The molecule has 5 heterocycles. The van der Waals surface area contributed by atoms with Crippen molar-refractivity contribution in [1.82, 2.24) is 28.6 Å². The molecule has 0 saturated carbocycles. The first-order chi connectivity index (χ1) is 14.7. The van der Waals surface area contributed by atoms with E-state index in [1.807, 2.05) is 4.31 Å². The average Bonchev–Trinajstić information content (AvgIpc) is 3.15. The molecule has 5 rings (SSSR count). The second kappa shape index (κ2) is 7.23. The van der Waals surface area contributed by atoms with Gasteiger partial charge < -0.3 is 4.90 Å². The Hall–Kier alpha value is -2.60. The second-order valence-electron chi connectivity index (χ2n) is 8.09. The Morgan fingerprint density at radius 2 is 1.84 bits per heavy atom. The predicted octanol–water partition coefficient (Wildman–Crippen LogP) is 2.40. The maximum absolute atomic E-state index is 13.1. The summed E-state index contributed by atoms with van der Waals surface area (Å²) in [7, 11) is -0.931. The summed E-state index contributed by atoms with van der Waals surface area (Å²) in [4.78, 5) is 18.6. The molecule has 0 amide bonds. The molecule has 0 aromatic carbocycles. The van der Waals surface area contributed by atoms with E-state index >= 15 is 0 Å². The van der Waals surface area contributed by atoms with Crippen LogP contribution in [0.2, 0.25) is 0 Å². The predicted molar refractivity (Wildman–Crippen MR) is 109 cm³/mol. The minimum absolute atomic E-state index is 0.206. The van der Waals surface area contributed by atoms with E-state index in [4.69, 9.17) is 0 Å². The first-order valence-electron chi connectivity index (χ1n) is 9.81. The number of imidazole rings is 1. The number of anilines is 1. The number of piperidine rings is 1. The van der Waals surface area contributed by atoms with Crippen molar-refractivity contribution in [2.45, 2.75) is 19.0 Å². The topological polar surface area (TPSA) is 79.5 Å². The van der Waals surface area contributed by atoms with Crippen molar-refractivity contribution in [3.63, 3.8) is 0 Å². The van der Waals surface area contributed by atoms with Gasteiger partial charge in [0.1, 0.15) is 11.5 Å². The minimum atomic E-state index is -4.55. The zero-order valence-electron chi connectivity index (χ0n) is 16.7. The monoisotopic (exact) mass is 451 g/mol. The van der Waals surface area contributed by atoms with Crippen molar-refractivity contribution in [1.29, 1.82) is 0 Å². The van der Waals surface area contributed by atoms with Crippen LogP contribution in [0.1, 0.15) is 18.5 Å². The van der Waals surface area contributed by atoms with Crippen LogP contribution in [0.15, 0.2) is 30.9 Å². The molecule has 2 aliphatic heterocycles. The maximum atomic E-state index is 13.1. The number of hydrogen-bond donors (Lipinski definition) is 0. The molecule has 1 atom stereocenters. The fourth-order valence-electron chi connectivity index (χ4n) is 4.31. The highest BCUT2D eigenvalue weighted by molar-refractivity contribution is 7.81. The van der Waals surface area contributed by atoms with Crippen molar-refractivity contribution in [3.05, 3.63) is 36.5 Å². The first-order valence-corrected chi connectivity index (χ1v) is 11.3. The van der Waals surface area contributed by atoms with Crippen LogP contribution >= 0.6 is 0 Å². The SMILES string of the molecule is CS(=O)N1CCC2(CC1)CN(c1ccnc(-c3cnc4cnc(C(F)(F)F)cn34)n1)C2. The fraction of sp³-hybridized carbons (Fsp3) is 0.474. The third kappa shape index (κ3) is 3.67. The minimum Gasteiger partial charge on any atom is -0.355 e. The van der Waals surface area contributed by atoms with E-state index in [1.54, 1.807) is 18.5 Å². The number of rotatable bonds is 3. The molecule has 3 aromatic heterocycles. The Kier molecular flexibility index (Phi) is 4.74. The van der Waals surface area contributed by atoms with Crippen molar-refractivity contribution < 1.29 is 17.4 Å². The van der Waals surface area contributed by atoms with E-state index in [0.29, 0.717) is 17.2 Å². The van der Waals surface area contributed by atoms with Crippen LogP contribution < -0.4 is 4.90 Å². The van der Waals surface area contributed by atoms with Crippen LogP contribution in [-0.4, -0.2) is 65.3 Å². The highest BCUT2D eigenvalue weighted by Crippen LogP contribution is 2.42. The Labute approximate surface area is 178 Å². The Morgan fingerprint density at radius 3 is 2.52 bits per heavy atom. The van der Waals surface area contributed by atoms with Gasteiger partial charge in [-0.05, 0) is 18.9 Å². The summed E-state index contributed by atoms with van der Waals surface area (Å²) < 4.78 is 54.2. The van der Waals surface area contributed by atoms with E-state index in [2.05, 4.69) is 24.8 Å². The molecule has 12 heteroatoms. The summed E-state index contributed by atoms with van der Waals surface area (Å²) in [5, 5.41) is 0. The molecule has 0 aliphatic carbocycles. The normalized spacial score (nSPS) is 20.2. The molecular formula is C19H20F3N7OS. The number of nitrogens with zero attached hydrogens (tertiary/aromatic N) is 7. The highest BCUT2D eigenvalue weighted by atomic mass is 32.2. The van der Waals surface area contributed by atoms with Crippen molar-refractivity contribution in [2.75, 3.05) is 37.3 Å². The number of hydrogen-bond acceptors (Lipinski definition) is 6.